The second kappa shape index (κ2) is 8.52. The molecule has 0 aliphatic heterocycles. The van der Waals surface area contributed by atoms with Gasteiger partial charge in [0.2, 0.25) is 0 Å². The fraction of sp³-hybridized carbons (Fsp3) is 0.250. The molecular weight excluding hydrogens is 419 g/mol. The van der Waals surface area contributed by atoms with Gasteiger partial charge in [0.05, 0.1) is 28.8 Å². The van der Waals surface area contributed by atoms with Crippen LogP contribution in [0.15, 0.2) is 24.3 Å². The Morgan fingerprint density at radius 2 is 2.00 bits per heavy atom. The van der Waals surface area contributed by atoms with Gasteiger partial charge >= 0.3 is 12.1 Å². The van der Waals surface area contributed by atoms with E-state index in [1.54, 1.807) is 6.07 Å². The van der Waals surface area contributed by atoms with Gasteiger partial charge in [-0.2, -0.15) is 13.2 Å². The van der Waals surface area contributed by atoms with E-state index in [1.165, 1.54) is 18.4 Å². The summed E-state index contributed by atoms with van der Waals surface area (Å²) in [6, 6.07) is 3.88. The van der Waals surface area contributed by atoms with Crippen molar-refractivity contribution in [3.05, 3.63) is 50.4 Å². The second-order valence-corrected chi connectivity index (χ2v) is 6.91. The van der Waals surface area contributed by atoms with Crippen molar-refractivity contribution in [1.82, 2.24) is 0 Å². The van der Waals surface area contributed by atoms with Crippen molar-refractivity contribution in [1.29, 1.82) is 0 Å². The molecule has 150 valence electrons. The minimum absolute atomic E-state index is 0.202. The van der Waals surface area contributed by atoms with Crippen LogP contribution in [0, 0.1) is 10.1 Å². The van der Waals surface area contributed by atoms with Crippen LogP contribution in [-0.2, 0) is 17.3 Å². The standard InChI is InChI=1S/C16H14F3N3O4S2/c1-3-9-7-10(14(23)26-2)13(28-9)21-15(27)20-12-5-4-8(22(24)25)6-11(12)16(17,18)19/h4-7H,3H2,1-2H3,(H2,20,21,27). The number of non-ortho nitro benzene ring substituents is 1. The molecule has 1 heterocycles. The van der Waals surface area contributed by atoms with Crippen LogP contribution in [0.1, 0.15) is 27.7 Å². The number of thiocarbonyl (C=S) groups is 1. The number of hydrogen-bond acceptors (Lipinski definition) is 6. The Bertz CT molecular complexity index is 928. The molecule has 12 heteroatoms. The van der Waals surface area contributed by atoms with Crippen LogP contribution in [0.2, 0.25) is 0 Å². The number of anilines is 2. The van der Waals surface area contributed by atoms with Crippen molar-refractivity contribution in [2.24, 2.45) is 0 Å². The summed E-state index contributed by atoms with van der Waals surface area (Å²) in [5.74, 6) is -0.618. The number of halogens is 3. The van der Waals surface area contributed by atoms with Crippen LogP contribution in [0.5, 0.6) is 0 Å². The molecule has 2 rings (SSSR count). The molecule has 0 fully saturated rings. The molecule has 0 radical (unpaired) electrons. The van der Waals surface area contributed by atoms with Gasteiger partial charge in [-0.3, -0.25) is 10.1 Å². The molecule has 0 saturated carbocycles. The monoisotopic (exact) mass is 433 g/mol. The van der Waals surface area contributed by atoms with Crippen LogP contribution < -0.4 is 10.6 Å². The van der Waals surface area contributed by atoms with Crippen LogP contribution in [-0.4, -0.2) is 23.1 Å². The van der Waals surface area contributed by atoms with E-state index in [-0.39, 0.29) is 10.7 Å². The highest BCUT2D eigenvalue weighted by atomic mass is 32.1. The van der Waals surface area contributed by atoms with E-state index < -0.39 is 34.0 Å². The number of esters is 1. The summed E-state index contributed by atoms with van der Waals surface area (Å²) in [5, 5.41) is 15.9. The van der Waals surface area contributed by atoms with Gasteiger partial charge in [-0.05, 0) is 30.8 Å². The molecule has 0 unspecified atom stereocenters. The first-order valence-corrected chi connectivity index (χ1v) is 8.94. The molecule has 28 heavy (non-hydrogen) atoms. The number of methoxy groups -OCH3 is 1. The van der Waals surface area contributed by atoms with E-state index in [2.05, 4.69) is 15.4 Å². The molecule has 0 amide bonds. The molecule has 2 N–H and O–H groups in total. The van der Waals surface area contributed by atoms with Gasteiger partial charge in [-0.1, -0.05) is 6.92 Å². The van der Waals surface area contributed by atoms with Gasteiger partial charge < -0.3 is 15.4 Å². The van der Waals surface area contributed by atoms with Crippen molar-refractivity contribution in [2.75, 3.05) is 17.7 Å². The Labute approximate surface area is 166 Å². The van der Waals surface area contributed by atoms with Crippen molar-refractivity contribution in [3.63, 3.8) is 0 Å². The predicted octanol–water partition coefficient (Wildman–Crippen LogP) is 4.83. The molecule has 0 aliphatic carbocycles. The maximum atomic E-state index is 13.2. The van der Waals surface area contributed by atoms with E-state index in [4.69, 9.17) is 12.2 Å². The predicted molar refractivity (Wildman–Crippen MR) is 103 cm³/mol. The number of carbonyl (C=O) groups excluding carboxylic acids is 1. The Morgan fingerprint density at radius 1 is 1.32 bits per heavy atom. The first-order valence-electron chi connectivity index (χ1n) is 7.71. The number of hydrogen-bond donors (Lipinski definition) is 2. The number of alkyl halides is 3. The molecule has 0 saturated heterocycles. The SMILES string of the molecule is CCc1cc(C(=O)OC)c(NC(=S)Nc2ccc([N+](=O)[O-])cc2C(F)(F)F)s1. The second-order valence-electron chi connectivity index (χ2n) is 5.36. The maximum absolute atomic E-state index is 13.2. The number of thiophene rings is 1. The summed E-state index contributed by atoms with van der Waals surface area (Å²) in [7, 11) is 1.21. The smallest absolute Gasteiger partial charge is 0.418 e. The Morgan fingerprint density at radius 3 is 2.54 bits per heavy atom. The van der Waals surface area contributed by atoms with E-state index in [0.717, 1.165) is 17.0 Å². The summed E-state index contributed by atoms with van der Waals surface area (Å²) in [4.78, 5) is 22.5. The van der Waals surface area contributed by atoms with Crippen molar-refractivity contribution in [2.45, 2.75) is 19.5 Å². The number of aryl methyl sites for hydroxylation is 1. The molecule has 2 aromatic rings. The highest BCUT2D eigenvalue weighted by molar-refractivity contribution is 7.80. The lowest BCUT2D eigenvalue weighted by Gasteiger charge is -2.15. The van der Waals surface area contributed by atoms with Crippen LogP contribution >= 0.6 is 23.6 Å². The maximum Gasteiger partial charge on any atom is 0.418 e. The van der Waals surface area contributed by atoms with E-state index in [1.807, 2.05) is 6.92 Å². The number of benzene rings is 1. The van der Waals surface area contributed by atoms with Crippen molar-refractivity contribution in [3.8, 4) is 0 Å². The third-order valence-electron chi connectivity index (χ3n) is 3.53. The number of nitro groups is 1. The highest BCUT2D eigenvalue weighted by Gasteiger charge is 2.35. The van der Waals surface area contributed by atoms with Gasteiger partial charge in [-0.15, -0.1) is 11.3 Å². The third-order valence-corrected chi connectivity index (χ3v) is 4.93. The first-order chi connectivity index (χ1) is 13.1. The van der Waals surface area contributed by atoms with Crippen molar-refractivity contribution < 1.29 is 27.6 Å². The summed E-state index contributed by atoms with van der Waals surface area (Å²) in [5.41, 5.74) is -2.19. The van der Waals surface area contributed by atoms with Gasteiger partial charge in [-0.25, -0.2) is 4.79 Å². The summed E-state index contributed by atoms with van der Waals surface area (Å²) in [6.45, 7) is 1.87. The minimum Gasteiger partial charge on any atom is -0.465 e. The zero-order valence-electron chi connectivity index (χ0n) is 14.5. The Kier molecular flexibility index (Phi) is 6.56. The molecular formula is C16H14F3N3O4S2. The van der Waals surface area contributed by atoms with Gasteiger partial charge in [0.1, 0.15) is 5.00 Å². The number of rotatable bonds is 5. The average molecular weight is 433 g/mol. The number of carbonyl (C=O) groups is 1. The topological polar surface area (TPSA) is 93.5 Å². The van der Waals surface area contributed by atoms with E-state index in [9.17, 15) is 28.1 Å². The summed E-state index contributed by atoms with van der Waals surface area (Å²) < 4.78 is 44.4. The largest absolute Gasteiger partial charge is 0.465 e. The molecule has 0 atom stereocenters. The number of nitrogens with zero attached hydrogens (tertiary/aromatic N) is 1. The molecule has 0 bridgehead atoms. The Hall–Kier alpha value is -2.73. The van der Waals surface area contributed by atoms with Crippen LogP contribution in [0.3, 0.4) is 0 Å². The molecule has 0 spiro atoms. The van der Waals surface area contributed by atoms with Crippen molar-refractivity contribution >= 4 is 51.0 Å². The van der Waals surface area contributed by atoms with Crippen LogP contribution in [0.4, 0.5) is 29.5 Å². The van der Waals surface area contributed by atoms with E-state index in [0.29, 0.717) is 17.5 Å². The summed E-state index contributed by atoms with van der Waals surface area (Å²) in [6.07, 6.45) is -4.20. The molecule has 0 aliphatic rings. The quantitative estimate of drug-likeness (QED) is 0.302. The normalized spacial score (nSPS) is 11.0. The highest BCUT2D eigenvalue weighted by Crippen LogP contribution is 2.37. The first kappa shape index (κ1) is 21.6. The third kappa shape index (κ3) is 4.95. The van der Waals surface area contributed by atoms with E-state index >= 15 is 0 Å². The fourth-order valence-electron chi connectivity index (χ4n) is 2.22. The fourth-order valence-corrected chi connectivity index (χ4v) is 3.48. The zero-order chi connectivity index (χ0) is 21.1. The minimum atomic E-state index is -4.83. The van der Waals surface area contributed by atoms with Crippen LogP contribution in [0.25, 0.3) is 0 Å². The molecule has 1 aromatic heterocycles. The zero-order valence-corrected chi connectivity index (χ0v) is 16.2. The number of nitro benzene ring substituents is 1. The lowest BCUT2D eigenvalue weighted by Crippen LogP contribution is -2.22. The molecule has 7 nitrogen and oxygen atoms in total. The summed E-state index contributed by atoms with van der Waals surface area (Å²) >= 11 is 6.25. The lowest BCUT2D eigenvalue weighted by molar-refractivity contribution is -0.385. The number of nitrogens with one attached hydrogen (secondary N) is 2. The lowest BCUT2D eigenvalue weighted by atomic mass is 10.1. The molecule has 1 aromatic carbocycles. The van der Waals surface area contributed by atoms with Gasteiger partial charge in [0, 0.05) is 17.0 Å². The average Bonchev–Trinajstić information content (AvgIpc) is 3.03. The Balaban J connectivity index is 2.30. The van der Waals surface area contributed by atoms with Gasteiger partial charge in [0.25, 0.3) is 5.69 Å². The number of ether oxygens (including phenoxy) is 1. The van der Waals surface area contributed by atoms with Gasteiger partial charge in [0.15, 0.2) is 5.11 Å².